The van der Waals surface area contributed by atoms with Crippen molar-refractivity contribution < 1.29 is 24.2 Å². The Morgan fingerprint density at radius 3 is 2.85 bits per heavy atom. The number of methoxy groups -OCH3 is 1. The van der Waals surface area contributed by atoms with Crippen LogP contribution >= 0.6 is 23.1 Å². The van der Waals surface area contributed by atoms with Crippen molar-refractivity contribution in [3.63, 3.8) is 0 Å². The zero-order valence-corrected chi connectivity index (χ0v) is 16.0. The van der Waals surface area contributed by atoms with E-state index in [0.29, 0.717) is 5.69 Å². The number of rotatable bonds is 6. The summed E-state index contributed by atoms with van der Waals surface area (Å²) in [5, 5.41) is 11.8. The highest BCUT2D eigenvalue weighted by molar-refractivity contribution is 8.00. The lowest BCUT2D eigenvalue weighted by Crippen LogP contribution is -2.75. The van der Waals surface area contributed by atoms with Crippen molar-refractivity contribution in [2.24, 2.45) is 11.3 Å². The average molecular weight is 413 g/mol. The fourth-order valence-electron chi connectivity index (χ4n) is 3.08. The summed E-state index contributed by atoms with van der Waals surface area (Å²) in [6, 6.07) is -0.896. The molecule has 2 aliphatic heterocycles. The van der Waals surface area contributed by atoms with E-state index in [-0.39, 0.29) is 17.4 Å². The van der Waals surface area contributed by atoms with Crippen LogP contribution in [0.3, 0.4) is 0 Å². The molecule has 3 rings (SSSR count). The number of hydrogen-bond acceptors (Lipinski definition) is 9. The number of anilines is 1. The van der Waals surface area contributed by atoms with Gasteiger partial charge in [-0.3, -0.25) is 19.4 Å². The number of aromatic nitrogens is 1. The van der Waals surface area contributed by atoms with Gasteiger partial charge in [0.1, 0.15) is 10.8 Å². The number of fused-ring (bicyclic) bond motifs is 1. The molecule has 2 aliphatic rings. The van der Waals surface area contributed by atoms with Crippen LogP contribution in [0.1, 0.15) is 11.8 Å². The largest absolute Gasteiger partial charge is 0.481 e. The number of nitrogens with two attached hydrogens (primary N) is 2. The van der Waals surface area contributed by atoms with Crippen molar-refractivity contribution in [2.45, 2.75) is 17.5 Å². The molecular formula is C15H19N5O5S2. The molecular weight excluding hydrogens is 394 g/mol. The lowest BCUT2D eigenvalue weighted by molar-refractivity contribution is -0.168. The quantitative estimate of drug-likeness (QED) is 0.187. The molecule has 5 N–H and O–H groups in total. The van der Waals surface area contributed by atoms with Gasteiger partial charge in [0.05, 0.1) is 5.69 Å². The van der Waals surface area contributed by atoms with Crippen LogP contribution in [-0.2, 0) is 19.1 Å². The average Bonchev–Trinajstić information content (AvgIpc) is 3.07. The van der Waals surface area contributed by atoms with Crippen LogP contribution in [0.5, 0.6) is 0 Å². The summed E-state index contributed by atoms with van der Waals surface area (Å²) >= 11 is 2.41. The minimum absolute atomic E-state index is 0.00279. The van der Waals surface area contributed by atoms with E-state index < -0.39 is 40.7 Å². The smallest absolute Gasteiger partial charge is 0.316 e. The Hall–Kier alpha value is -2.15. The number of carbonyl (C=O) groups is 3. The van der Waals surface area contributed by atoms with Crippen LogP contribution in [0.15, 0.2) is 18.0 Å². The maximum Gasteiger partial charge on any atom is 0.316 e. The van der Waals surface area contributed by atoms with E-state index in [4.69, 9.17) is 16.3 Å². The first-order chi connectivity index (χ1) is 12.8. The van der Waals surface area contributed by atoms with Crippen molar-refractivity contribution in [1.29, 1.82) is 0 Å². The number of hydrogen-bond donors (Lipinski definition) is 3. The van der Waals surface area contributed by atoms with E-state index >= 15 is 0 Å². The molecule has 12 heteroatoms. The minimum atomic E-state index is -1.21. The lowest BCUT2D eigenvalue weighted by atomic mass is 9.87. The molecule has 0 saturated carbocycles. The van der Waals surface area contributed by atoms with E-state index in [0.717, 1.165) is 16.3 Å². The highest BCUT2D eigenvalue weighted by Gasteiger charge is 2.58. The molecule has 2 fully saturated rings. The number of amides is 2. The van der Waals surface area contributed by atoms with Gasteiger partial charge in [-0.15, -0.1) is 29.7 Å². The third kappa shape index (κ3) is 3.08. The second kappa shape index (κ2) is 7.11. The highest BCUT2D eigenvalue weighted by atomic mass is 32.2. The zero-order chi connectivity index (χ0) is 19.9. The Morgan fingerprint density at radius 2 is 2.33 bits per heavy atom. The van der Waals surface area contributed by atoms with Crippen molar-refractivity contribution in [2.75, 3.05) is 25.1 Å². The van der Waals surface area contributed by atoms with Crippen LogP contribution < -0.4 is 11.6 Å². The summed E-state index contributed by atoms with van der Waals surface area (Å²) in [4.78, 5) is 42.3. The Balaban J connectivity index is 1.74. The predicted molar refractivity (Wildman–Crippen MR) is 99.3 cm³/mol. The Bertz CT molecular complexity index is 801. The number of thioether (sulfide) groups is 1. The Labute approximate surface area is 163 Å². The molecule has 0 spiro atoms. The van der Waals surface area contributed by atoms with Gasteiger partial charge in [0.25, 0.3) is 11.8 Å². The van der Waals surface area contributed by atoms with E-state index in [1.165, 1.54) is 29.8 Å². The van der Waals surface area contributed by atoms with Gasteiger partial charge in [0, 0.05) is 24.8 Å². The van der Waals surface area contributed by atoms with E-state index in [2.05, 4.69) is 11.6 Å². The number of carboxylic acid groups (broad SMARTS) is 1. The molecule has 0 radical (unpaired) electrons. The fourth-order valence-corrected chi connectivity index (χ4v) is 5.24. The maximum atomic E-state index is 12.7. The van der Waals surface area contributed by atoms with Crippen LogP contribution in [0.2, 0.25) is 0 Å². The molecule has 2 saturated heterocycles. The summed E-state index contributed by atoms with van der Waals surface area (Å²) in [6.45, 7) is 3.58. The first kappa shape index (κ1) is 19.6. The second-order valence-corrected chi connectivity index (χ2v) is 8.24. The number of aliphatic carboxylic acids is 1. The van der Waals surface area contributed by atoms with Gasteiger partial charge in [-0.05, 0) is 0 Å². The van der Waals surface area contributed by atoms with Crippen LogP contribution in [-0.4, -0.2) is 68.6 Å². The third-order valence-electron chi connectivity index (χ3n) is 4.72. The summed E-state index contributed by atoms with van der Waals surface area (Å²) in [6.07, 6.45) is 0.267. The second-order valence-electron chi connectivity index (χ2n) is 6.25. The number of carboxylic acids is 1. The van der Waals surface area contributed by atoms with Gasteiger partial charge in [0.2, 0.25) is 0 Å². The first-order valence-corrected chi connectivity index (χ1v) is 9.79. The summed E-state index contributed by atoms with van der Waals surface area (Å²) in [5.74, 6) is 4.10. The molecule has 1 aromatic heterocycles. The zero-order valence-electron chi connectivity index (χ0n) is 14.4. The highest BCUT2D eigenvalue weighted by Crippen LogP contribution is 2.44. The van der Waals surface area contributed by atoms with Crippen molar-refractivity contribution in [1.82, 2.24) is 14.9 Å². The monoisotopic (exact) mass is 413 g/mol. The number of thiazole rings is 1. The molecule has 4 atom stereocenters. The van der Waals surface area contributed by atoms with Crippen molar-refractivity contribution in [3.05, 3.63) is 23.7 Å². The molecule has 146 valence electrons. The third-order valence-corrected chi connectivity index (χ3v) is 6.94. The molecule has 0 aliphatic carbocycles. The standard InChI is InChI=1S/C15H19N5O5S2/c1-3-15(13(23)24)5-19-10(21)8(12(19)27-6-15)20(17)11(22)9(25-2)7-4-26-14(16)18-7/h3-4,8-9,12H,1,5-6,17H2,2H3,(H2,16,18)(H,23,24)/t8?,9?,12-,15?/m1/s1. The summed E-state index contributed by atoms with van der Waals surface area (Å²) in [5.41, 5.74) is 4.70. The normalized spacial score (nSPS) is 28.1. The topological polar surface area (TPSA) is 152 Å². The van der Waals surface area contributed by atoms with Crippen LogP contribution in [0.25, 0.3) is 0 Å². The summed E-state index contributed by atoms with van der Waals surface area (Å²) < 4.78 is 5.20. The maximum absolute atomic E-state index is 12.7. The number of nitrogen functional groups attached to an aromatic ring is 1. The van der Waals surface area contributed by atoms with Crippen molar-refractivity contribution in [3.8, 4) is 0 Å². The van der Waals surface area contributed by atoms with E-state index in [9.17, 15) is 19.5 Å². The molecule has 0 bridgehead atoms. The van der Waals surface area contributed by atoms with Gasteiger partial charge in [-0.1, -0.05) is 6.08 Å². The van der Waals surface area contributed by atoms with Crippen LogP contribution in [0, 0.1) is 5.41 Å². The number of nitrogens with zero attached hydrogens (tertiary/aromatic N) is 3. The fraction of sp³-hybridized carbons (Fsp3) is 0.467. The number of carbonyl (C=O) groups excluding carboxylic acids is 2. The number of β-lactam (4-membered cyclic amide) rings is 1. The van der Waals surface area contributed by atoms with Gasteiger partial charge in [0.15, 0.2) is 17.3 Å². The Morgan fingerprint density at radius 1 is 1.63 bits per heavy atom. The number of hydrazine groups is 1. The molecule has 1 aromatic rings. The molecule has 3 heterocycles. The van der Waals surface area contributed by atoms with E-state index in [1.807, 2.05) is 0 Å². The van der Waals surface area contributed by atoms with Crippen molar-refractivity contribution >= 4 is 46.0 Å². The summed E-state index contributed by atoms with van der Waals surface area (Å²) in [7, 11) is 1.33. The van der Waals surface area contributed by atoms with E-state index in [1.54, 1.807) is 5.38 Å². The SMILES string of the molecule is C=CC1(C(=O)O)CS[C@@H]2C(N(N)C(=O)C(OC)c3csc(N)n3)C(=O)N2C1. The van der Waals surface area contributed by atoms with Crippen LogP contribution in [0.4, 0.5) is 5.13 Å². The molecule has 2 amide bonds. The number of ether oxygens (including phenoxy) is 1. The molecule has 0 aromatic carbocycles. The first-order valence-electron chi connectivity index (χ1n) is 7.86. The minimum Gasteiger partial charge on any atom is -0.481 e. The molecule has 27 heavy (non-hydrogen) atoms. The van der Waals surface area contributed by atoms with Gasteiger partial charge < -0.3 is 20.5 Å². The van der Waals surface area contributed by atoms with Gasteiger partial charge in [-0.2, -0.15) is 0 Å². The Kier molecular flexibility index (Phi) is 5.16. The lowest BCUT2D eigenvalue weighted by Gasteiger charge is -2.55. The predicted octanol–water partition coefficient (Wildman–Crippen LogP) is -0.344. The van der Waals surface area contributed by atoms with Gasteiger partial charge >= 0.3 is 5.97 Å². The molecule has 3 unspecified atom stereocenters. The molecule has 10 nitrogen and oxygen atoms in total. The van der Waals surface area contributed by atoms with Gasteiger partial charge in [-0.25, -0.2) is 10.8 Å².